The Morgan fingerprint density at radius 2 is 1.77 bits per heavy atom. The summed E-state index contributed by atoms with van der Waals surface area (Å²) in [6, 6.07) is 15.1. The van der Waals surface area contributed by atoms with Crippen LogP contribution in [-0.4, -0.2) is 39.2 Å². The molecule has 3 rings (SSSR count). The van der Waals surface area contributed by atoms with Crippen LogP contribution in [0.2, 0.25) is 0 Å². The molecule has 0 aromatic heterocycles. The van der Waals surface area contributed by atoms with Crippen LogP contribution in [0.3, 0.4) is 0 Å². The average molecular weight is 483 g/mol. The van der Waals surface area contributed by atoms with Crippen LogP contribution in [0.4, 0.5) is 14.5 Å². The molecule has 182 valence electrons. The smallest absolute Gasteiger partial charge is 0.355 e. The van der Waals surface area contributed by atoms with Crippen LogP contribution in [0.15, 0.2) is 71.2 Å². The zero-order valence-corrected chi connectivity index (χ0v) is 19.2. The molecule has 2 aromatic rings. The van der Waals surface area contributed by atoms with E-state index in [0.717, 1.165) is 19.1 Å². The molecule has 1 unspecified atom stereocenters. The lowest BCUT2D eigenvalue weighted by atomic mass is 9.81. The molecule has 2 aromatic carbocycles. The molecule has 0 saturated carbocycles. The summed E-state index contributed by atoms with van der Waals surface area (Å²) in [4.78, 5) is 27.3. The van der Waals surface area contributed by atoms with Crippen molar-refractivity contribution in [1.29, 1.82) is 5.26 Å². The predicted octanol–water partition coefficient (Wildman–Crippen LogP) is 3.54. The minimum Gasteiger partial charge on any atom is -0.485 e. The number of ether oxygens (including phenoxy) is 3. The highest BCUT2D eigenvalue weighted by atomic mass is 19.3. The zero-order chi connectivity index (χ0) is 25.7. The fraction of sp³-hybridized carbons (Fsp3) is 0.240. The number of anilines is 1. The van der Waals surface area contributed by atoms with E-state index in [1.165, 1.54) is 12.1 Å². The first-order valence-electron chi connectivity index (χ1n) is 10.4. The van der Waals surface area contributed by atoms with Gasteiger partial charge in [0.05, 0.1) is 43.0 Å². The van der Waals surface area contributed by atoms with Gasteiger partial charge < -0.3 is 19.9 Å². The first kappa shape index (κ1) is 25.2. The van der Waals surface area contributed by atoms with Gasteiger partial charge in [-0.1, -0.05) is 36.4 Å². The molecule has 1 heterocycles. The molecule has 1 aliphatic heterocycles. The van der Waals surface area contributed by atoms with Gasteiger partial charge >= 0.3 is 11.9 Å². The number of nitriles is 1. The van der Waals surface area contributed by atoms with Crippen LogP contribution < -0.4 is 15.4 Å². The van der Waals surface area contributed by atoms with Crippen LogP contribution in [-0.2, 0) is 19.1 Å². The molecule has 0 radical (unpaired) electrons. The van der Waals surface area contributed by atoms with Gasteiger partial charge in [0, 0.05) is 0 Å². The number of benzene rings is 2. The van der Waals surface area contributed by atoms with Gasteiger partial charge in [0.1, 0.15) is 23.9 Å². The fourth-order valence-electron chi connectivity index (χ4n) is 3.84. The van der Waals surface area contributed by atoms with Gasteiger partial charge in [0.2, 0.25) is 0 Å². The predicted molar refractivity (Wildman–Crippen MR) is 122 cm³/mol. The quantitative estimate of drug-likeness (QED) is 0.595. The van der Waals surface area contributed by atoms with Crippen molar-refractivity contribution in [3.63, 3.8) is 0 Å². The summed E-state index contributed by atoms with van der Waals surface area (Å²) < 4.78 is 41.1. The van der Waals surface area contributed by atoms with E-state index in [4.69, 9.17) is 19.9 Å². The molecule has 2 N–H and O–H groups in total. The Morgan fingerprint density at radius 3 is 2.34 bits per heavy atom. The van der Waals surface area contributed by atoms with Gasteiger partial charge in [-0.25, -0.2) is 18.4 Å². The number of rotatable bonds is 7. The molecule has 0 spiro atoms. The number of esters is 2. The van der Waals surface area contributed by atoms with E-state index in [-0.39, 0.29) is 34.1 Å². The number of carbonyl (C=O) groups is 2. The zero-order valence-electron chi connectivity index (χ0n) is 19.2. The van der Waals surface area contributed by atoms with E-state index in [2.05, 4.69) is 0 Å². The molecule has 10 heteroatoms. The Balaban J connectivity index is 2.39. The summed E-state index contributed by atoms with van der Waals surface area (Å²) in [5.41, 5.74) is 7.10. The van der Waals surface area contributed by atoms with Gasteiger partial charge in [0.15, 0.2) is 0 Å². The number of hydrogen-bond acceptors (Lipinski definition) is 8. The molecule has 0 bridgehead atoms. The highest BCUT2D eigenvalue weighted by molar-refractivity contribution is 6.06. The summed E-state index contributed by atoms with van der Waals surface area (Å²) in [6.07, 6.45) is -2.77. The van der Waals surface area contributed by atoms with Gasteiger partial charge in [-0.05, 0) is 30.2 Å². The summed E-state index contributed by atoms with van der Waals surface area (Å²) in [7, 11) is 2.25. The van der Waals surface area contributed by atoms with Gasteiger partial charge in [-0.15, -0.1) is 0 Å². The van der Waals surface area contributed by atoms with Gasteiger partial charge in [0.25, 0.3) is 6.43 Å². The molecular formula is C25H23F2N3O5. The van der Waals surface area contributed by atoms with Crippen LogP contribution in [0.5, 0.6) is 5.75 Å². The number of alkyl halides is 2. The van der Waals surface area contributed by atoms with Crippen molar-refractivity contribution in [2.45, 2.75) is 19.3 Å². The fourth-order valence-corrected chi connectivity index (χ4v) is 3.84. The SMILES string of the molecule is COC(=O)C1=C(C(=O)OC)N(c2ccc(C)cc2OCC(F)F)C(N)=C(C#N)C1c1ccccc1. The molecule has 0 fully saturated rings. The largest absolute Gasteiger partial charge is 0.485 e. The Morgan fingerprint density at radius 1 is 1.11 bits per heavy atom. The lowest BCUT2D eigenvalue weighted by Gasteiger charge is -2.36. The second kappa shape index (κ2) is 10.7. The number of halogens is 2. The van der Waals surface area contributed by atoms with Crippen LogP contribution in [0.25, 0.3) is 0 Å². The second-order valence-electron chi connectivity index (χ2n) is 7.51. The number of aryl methyl sites for hydroxylation is 1. The van der Waals surface area contributed by atoms with Crippen molar-refractivity contribution < 1.29 is 32.6 Å². The molecule has 8 nitrogen and oxygen atoms in total. The second-order valence-corrected chi connectivity index (χ2v) is 7.51. The maximum absolute atomic E-state index is 13.1. The third-order valence-electron chi connectivity index (χ3n) is 5.33. The van der Waals surface area contributed by atoms with E-state index in [9.17, 15) is 23.6 Å². The number of nitrogens with zero attached hydrogens (tertiary/aromatic N) is 2. The van der Waals surface area contributed by atoms with Crippen molar-refractivity contribution in [1.82, 2.24) is 0 Å². The molecule has 0 aliphatic carbocycles. The Labute approximate surface area is 200 Å². The van der Waals surface area contributed by atoms with Crippen LogP contribution in [0.1, 0.15) is 17.0 Å². The average Bonchev–Trinajstić information content (AvgIpc) is 2.86. The lowest BCUT2D eigenvalue weighted by molar-refractivity contribution is -0.139. The van der Waals surface area contributed by atoms with Gasteiger partial charge in [-0.3, -0.25) is 4.90 Å². The number of nitrogens with two attached hydrogens (primary N) is 1. The van der Waals surface area contributed by atoms with Crippen molar-refractivity contribution >= 4 is 17.6 Å². The first-order chi connectivity index (χ1) is 16.7. The maximum atomic E-state index is 13.1. The minimum absolute atomic E-state index is 0.0330. The van der Waals surface area contributed by atoms with Crippen LogP contribution in [0, 0.1) is 18.3 Å². The molecule has 1 aliphatic rings. The summed E-state index contributed by atoms with van der Waals surface area (Å²) in [5, 5.41) is 10.1. The summed E-state index contributed by atoms with van der Waals surface area (Å²) >= 11 is 0. The highest BCUT2D eigenvalue weighted by Crippen LogP contribution is 2.45. The molecule has 1 atom stereocenters. The number of allylic oxidation sites excluding steroid dienone is 1. The Bertz CT molecular complexity index is 1240. The number of hydrogen-bond donors (Lipinski definition) is 1. The Hall–Kier alpha value is -4.39. The van der Waals surface area contributed by atoms with Crippen molar-refractivity contribution in [3.8, 4) is 11.8 Å². The van der Waals surface area contributed by atoms with Crippen molar-refractivity contribution in [3.05, 3.63) is 82.3 Å². The van der Waals surface area contributed by atoms with E-state index in [1.807, 2.05) is 6.07 Å². The molecule has 0 amide bonds. The Kier molecular flexibility index (Phi) is 7.71. The summed E-state index contributed by atoms with van der Waals surface area (Å²) in [5.74, 6) is -3.12. The molecule has 35 heavy (non-hydrogen) atoms. The number of carbonyl (C=O) groups excluding carboxylic acids is 2. The van der Waals surface area contributed by atoms with E-state index >= 15 is 0 Å². The summed E-state index contributed by atoms with van der Waals surface area (Å²) in [6.45, 7) is 0.796. The third kappa shape index (κ3) is 4.94. The van der Waals surface area contributed by atoms with Gasteiger partial charge in [-0.2, -0.15) is 5.26 Å². The van der Waals surface area contributed by atoms with E-state index < -0.39 is 30.9 Å². The first-order valence-corrected chi connectivity index (χ1v) is 10.4. The van der Waals surface area contributed by atoms with Crippen molar-refractivity contribution in [2.75, 3.05) is 25.7 Å². The maximum Gasteiger partial charge on any atom is 0.355 e. The monoisotopic (exact) mass is 483 g/mol. The standard InChI is InChI=1S/C25H23F2N3O5/c1-14-9-10-17(18(11-14)35-13-19(26)27)30-22(25(32)34-3)21(24(31)33-2)20(16(12-28)23(30)29)15-7-5-4-6-8-15/h4-11,19-20H,13,29H2,1-3H3. The van der Waals surface area contributed by atoms with Crippen molar-refractivity contribution in [2.24, 2.45) is 5.73 Å². The third-order valence-corrected chi connectivity index (χ3v) is 5.33. The number of methoxy groups -OCH3 is 2. The van der Waals surface area contributed by atoms with E-state index in [0.29, 0.717) is 11.1 Å². The lowest BCUT2D eigenvalue weighted by Crippen LogP contribution is -2.41. The molecular weight excluding hydrogens is 460 g/mol. The molecule has 0 saturated heterocycles. The van der Waals surface area contributed by atoms with E-state index in [1.54, 1.807) is 43.3 Å². The normalized spacial score (nSPS) is 15.7. The minimum atomic E-state index is -2.77. The topological polar surface area (TPSA) is 115 Å². The van der Waals surface area contributed by atoms with Crippen LogP contribution >= 0.6 is 0 Å². The highest BCUT2D eigenvalue weighted by Gasteiger charge is 2.43.